The normalized spacial score (nSPS) is 15.6. The number of rotatable bonds is 5. The Morgan fingerprint density at radius 2 is 2.06 bits per heavy atom. The molecule has 9 nitrogen and oxygen atoms in total. The molecule has 0 unspecified atom stereocenters. The predicted molar refractivity (Wildman–Crippen MR) is 122 cm³/mol. The molecule has 1 aromatic carbocycles. The molecule has 2 aliphatic rings. The van der Waals surface area contributed by atoms with E-state index in [0.717, 1.165) is 60.8 Å². The van der Waals surface area contributed by atoms with Gasteiger partial charge in [0.15, 0.2) is 5.65 Å². The molecule has 2 aliphatic heterocycles. The highest BCUT2D eigenvalue weighted by atomic mass is 16.5. The van der Waals surface area contributed by atoms with Crippen LogP contribution >= 0.6 is 0 Å². The molecule has 0 atom stereocenters. The van der Waals surface area contributed by atoms with Crippen molar-refractivity contribution < 1.29 is 9.53 Å². The minimum atomic E-state index is 0.0305. The quantitative estimate of drug-likeness (QED) is 0.505. The van der Waals surface area contributed by atoms with Crippen LogP contribution in [0.4, 0.5) is 5.82 Å². The fourth-order valence-corrected chi connectivity index (χ4v) is 4.58. The monoisotopic (exact) mass is 441 g/mol. The van der Waals surface area contributed by atoms with Crippen LogP contribution in [0.5, 0.6) is 5.75 Å². The van der Waals surface area contributed by atoms with Gasteiger partial charge in [0.25, 0.3) is 0 Å². The molecule has 0 aliphatic carbocycles. The van der Waals surface area contributed by atoms with Gasteiger partial charge >= 0.3 is 0 Å². The summed E-state index contributed by atoms with van der Waals surface area (Å²) in [6.45, 7) is 2.48. The third-order valence-electron chi connectivity index (χ3n) is 6.29. The van der Waals surface area contributed by atoms with Crippen molar-refractivity contribution in [3.05, 3.63) is 66.0 Å². The molecule has 166 valence electrons. The predicted octanol–water partition coefficient (Wildman–Crippen LogP) is 1.84. The van der Waals surface area contributed by atoms with E-state index in [2.05, 4.69) is 32.6 Å². The van der Waals surface area contributed by atoms with E-state index < -0.39 is 0 Å². The number of nitrogens with one attached hydrogen (secondary N) is 1. The van der Waals surface area contributed by atoms with Gasteiger partial charge in [0, 0.05) is 55.0 Å². The second-order valence-corrected chi connectivity index (χ2v) is 8.23. The van der Waals surface area contributed by atoms with Crippen LogP contribution in [0.3, 0.4) is 0 Å². The third kappa shape index (κ3) is 3.60. The van der Waals surface area contributed by atoms with E-state index >= 15 is 0 Å². The maximum atomic E-state index is 12.1. The molecule has 1 saturated heterocycles. The molecule has 4 aromatic rings. The zero-order valence-corrected chi connectivity index (χ0v) is 18.1. The number of nitrogens with zero attached hydrogens (tertiary/aromatic N) is 6. The summed E-state index contributed by atoms with van der Waals surface area (Å²) >= 11 is 0. The summed E-state index contributed by atoms with van der Waals surface area (Å²) in [5.74, 6) is 2.60. The van der Waals surface area contributed by atoms with Gasteiger partial charge in [0.2, 0.25) is 5.91 Å². The molecular weight excluding hydrogens is 418 g/mol. The fourth-order valence-electron chi connectivity index (χ4n) is 4.58. The summed E-state index contributed by atoms with van der Waals surface area (Å²) < 4.78 is 7.64. The Hall–Kier alpha value is -3.85. The van der Waals surface area contributed by atoms with Crippen LogP contribution in [0.25, 0.3) is 16.8 Å². The first kappa shape index (κ1) is 19.8. The third-order valence-corrected chi connectivity index (χ3v) is 6.29. The highest BCUT2D eigenvalue weighted by Gasteiger charge is 2.21. The van der Waals surface area contributed by atoms with E-state index in [1.807, 2.05) is 28.8 Å². The van der Waals surface area contributed by atoms with Gasteiger partial charge in [-0.2, -0.15) is 0 Å². The van der Waals surface area contributed by atoms with Crippen LogP contribution in [0.2, 0.25) is 0 Å². The van der Waals surface area contributed by atoms with Gasteiger partial charge in [-0.05, 0) is 30.2 Å². The van der Waals surface area contributed by atoms with Crippen LogP contribution in [-0.2, 0) is 24.1 Å². The number of aromatic nitrogens is 5. The lowest BCUT2D eigenvalue weighted by Crippen LogP contribution is -2.48. The van der Waals surface area contributed by atoms with Gasteiger partial charge in [-0.3, -0.25) is 14.1 Å². The second-order valence-electron chi connectivity index (χ2n) is 8.23. The Bertz CT molecular complexity index is 1330. The van der Waals surface area contributed by atoms with Crippen molar-refractivity contribution in [2.75, 3.05) is 31.1 Å². The Morgan fingerprint density at radius 1 is 1.09 bits per heavy atom. The van der Waals surface area contributed by atoms with Crippen molar-refractivity contribution >= 4 is 17.4 Å². The molecule has 6 rings (SSSR count). The second kappa shape index (κ2) is 8.25. The van der Waals surface area contributed by atoms with Crippen molar-refractivity contribution in [1.82, 2.24) is 29.9 Å². The molecule has 3 aromatic heterocycles. The van der Waals surface area contributed by atoms with Crippen molar-refractivity contribution in [2.24, 2.45) is 0 Å². The minimum absolute atomic E-state index is 0.0305. The summed E-state index contributed by atoms with van der Waals surface area (Å²) in [7, 11) is 0. The molecule has 5 heterocycles. The molecule has 9 heteroatoms. The summed E-state index contributed by atoms with van der Waals surface area (Å²) in [6.07, 6.45) is 7.92. The molecule has 1 N–H and O–H groups in total. The van der Waals surface area contributed by atoms with E-state index in [0.29, 0.717) is 18.9 Å². The molecule has 0 saturated carbocycles. The lowest BCUT2D eigenvalue weighted by atomic mass is 10.0. The first-order valence-corrected chi connectivity index (χ1v) is 11.2. The van der Waals surface area contributed by atoms with Crippen LogP contribution in [0.15, 0.2) is 49.1 Å². The number of fused-ring (bicyclic) bond motifs is 2. The number of hydrogen-bond acceptors (Lipinski definition) is 7. The van der Waals surface area contributed by atoms with E-state index in [1.54, 1.807) is 17.4 Å². The average Bonchev–Trinajstić information content (AvgIpc) is 3.53. The summed E-state index contributed by atoms with van der Waals surface area (Å²) in [5.41, 5.74) is 5.10. The van der Waals surface area contributed by atoms with Crippen LogP contribution in [0, 0.1) is 0 Å². The molecule has 1 fully saturated rings. The van der Waals surface area contributed by atoms with Crippen LogP contribution < -0.4 is 15.0 Å². The maximum absolute atomic E-state index is 12.1. The Labute approximate surface area is 190 Å². The van der Waals surface area contributed by atoms with Crippen molar-refractivity contribution in [3.63, 3.8) is 0 Å². The maximum Gasteiger partial charge on any atom is 0.242 e. The minimum Gasteiger partial charge on any atom is -0.493 e. The fraction of sp³-hybridized carbons (Fsp3) is 0.292. The number of ether oxygens (including phenoxy) is 1. The van der Waals surface area contributed by atoms with Crippen LogP contribution in [-0.4, -0.2) is 56.7 Å². The molecule has 1 amide bonds. The number of carbonyl (C=O) groups is 1. The number of carbonyl (C=O) groups excluding carboxylic acids is 1. The van der Waals surface area contributed by atoms with Gasteiger partial charge in [-0.25, -0.2) is 9.97 Å². The highest BCUT2D eigenvalue weighted by molar-refractivity contribution is 5.94. The summed E-state index contributed by atoms with van der Waals surface area (Å²) in [6, 6.07) is 10.1. The van der Waals surface area contributed by atoms with Gasteiger partial charge < -0.3 is 10.1 Å². The Balaban J connectivity index is 1.26. The van der Waals surface area contributed by atoms with Crippen molar-refractivity contribution in [1.29, 1.82) is 0 Å². The van der Waals surface area contributed by atoms with Gasteiger partial charge in [0.1, 0.15) is 23.7 Å². The van der Waals surface area contributed by atoms with E-state index in [4.69, 9.17) is 9.72 Å². The van der Waals surface area contributed by atoms with E-state index in [9.17, 15) is 4.79 Å². The van der Waals surface area contributed by atoms with Gasteiger partial charge in [-0.1, -0.05) is 12.1 Å². The number of piperazine rings is 1. The van der Waals surface area contributed by atoms with Gasteiger partial charge in [-0.15, -0.1) is 10.2 Å². The standard InChI is InChI=1S/C24H23N7O2/c32-23-14-25-9-10-30(23)21-7-5-17(12-26-21)19-13-27-22(31-15-28-29-24(19)31)6-4-16-2-1-3-20-18(16)8-11-33-20/h1-3,5,7,12-13,15,25H,4,6,8-11,14H2. The van der Waals surface area contributed by atoms with E-state index in [1.165, 1.54) is 11.1 Å². The first-order valence-electron chi connectivity index (χ1n) is 11.2. The summed E-state index contributed by atoms with van der Waals surface area (Å²) in [5, 5.41) is 11.6. The van der Waals surface area contributed by atoms with E-state index in [-0.39, 0.29) is 5.91 Å². The molecule has 0 radical (unpaired) electrons. The number of pyridine rings is 1. The SMILES string of the molecule is O=C1CNCCN1c1ccc(-c2cnc(CCc3cccc4c3CCO4)n3cnnc23)cn1. The number of anilines is 1. The van der Waals surface area contributed by atoms with Crippen molar-refractivity contribution in [3.8, 4) is 16.9 Å². The topological polar surface area (TPSA) is 97.5 Å². The van der Waals surface area contributed by atoms with Gasteiger partial charge in [0.05, 0.1) is 13.2 Å². The zero-order valence-electron chi connectivity index (χ0n) is 18.1. The number of aryl methyl sites for hydroxylation is 2. The summed E-state index contributed by atoms with van der Waals surface area (Å²) in [4.78, 5) is 23.1. The molecule has 33 heavy (non-hydrogen) atoms. The smallest absolute Gasteiger partial charge is 0.242 e. The number of amides is 1. The van der Waals surface area contributed by atoms with Crippen LogP contribution in [0.1, 0.15) is 17.0 Å². The largest absolute Gasteiger partial charge is 0.493 e. The first-order chi connectivity index (χ1) is 16.3. The Kier molecular flexibility index (Phi) is 4.95. The number of hydrogen-bond donors (Lipinski definition) is 1. The molecular formula is C24H23N7O2. The average molecular weight is 441 g/mol. The Morgan fingerprint density at radius 3 is 2.94 bits per heavy atom. The molecule has 0 bridgehead atoms. The zero-order chi connectivity index (χ0) is 22.2. The van der Waals surface area contributed by atoms with Crippen molar-refractivity contribution in [2.45, 2.75) is 19.3 Å². The number of benzene rings is 1. The highest BCUT2D eigenvalue weighted by Crippen LogP contribution is 2.29. The lowest BCUT2D eigenvalue weighted by molar-refractivity contribution is -0.118. The molecule has 0 spiro atoms. The lowest BCUT2D eigenvalue weighted by Gasteiger charge is -2.26.